The fourth-order valence-electron chi connectivity index (χ4n) is 2.30. The van der Waals surface area contributed by atoms with E-state index in [9.17, 15) is 5.11 Å². The number of hydrogen-bond donors (Lipinski definition) is 1. The Kier molecular flexibility index (Phi) is 5.68. The monoisotopic (exact) mass is 274 g/mol. The zero-order chi connectivity index (χ0) is 14.2. The summed E-state index contributed by atoms with van der Waals surface area (Å²) in [6, 6.07) is 3.84. The Morgan fingerprint density at radius 3 is 2.55 bits per heavy atom. The van der Waals surface area contributed by atoms with Crippen molar-refractivity contribution >= 4 is 0 Å². The first-order valence-electron chi connectivity index (χ1n) is 7.30. The fourth-order valence-corrected chi connectivity index (χ4v) is 2.30. The minimum atomic E-state index is -0.0898. The van der Waals surface area contributed by atoms with Crippen molar-refractivity contribution in [3.8, 4) is 11.3 Å². The van der Waals surface area contributed by atoms with Crippen molar-refractivity contribution in [3.05, 3.63) is 30.2 Å². The molecule has 0 aliphatic heterocycles. The molecule has 1 N–H and O–H groups in total. The molecule has 0 amide bonds. The van der Waals surface area contributed by atoms with E-state index in [1.807, 2.05) is 16.8 Å². The van der Waals surface area contributed by atoms with Crippen LogP contribution >= 0.6 is 0 Å². The average molecular weight is 274 g/mol. The van der Waals surface area contributed by atoms with Crippen LogP contribution in [0, 0.1) is 0 Å². The first-order valence-corrected chi connectivity index (χ1v) is 7.30. The molecule has 0 unspecified atom stereocenters. The zero-order valence-electron chi connectivity index (χ0n) is 12.0. The molecule has 0 radical (unpaired) electrons. The predicted octanol–water partition coefficient (Wildman–Crippen LogP) is 2.80. The number of unbranched alkanes of at least 4 members (excludes halogenated alkanes) is 4. The largest absolute Gasteiger partial charge is 0.390 e. The molecular formula is C15H22N4O. The molecule has 2 heterocycles. The molecule has 108 valence electrons. The number of aromatic nitrogens is 4. The van der Waals surface area contributed by atoms with Crippen LogP contribution in [-0.4, -0.2) is 25.1 Å². The Morgan fingerprint density at radius 2 is 1.85 bits per heavy atom. The Balaban J connectivity index is 2.08. The normalized spacial score (nSPS) is 10.9. The van der Waals surface area contributed by atoms with E-state index < -0.39 is 0 Å². The van der Waals surface area contributed by atoms with Gasteiger partial charge in [0.25, 0.3) is 0 Å². The molecule has 0 saturated heterocycles. The van der Waals surface area contributed by atoms with Gasteiger partial charge in [-0.15, -0.1) is 5.10 Å². The van der Waals surface area contributed by atoms with Crippen molar-refractivity contribution in [2.75, 3.05) is 0 Å². The molecule has 0 fully saturated rings. The number of aliphatic hydroxyl groups is 1. The smallest absolute Gasteiger partial charge is 0.116 e. The van der Waals surface area contributed by atoms with E-state index in [1.54, 1.807) is 12.4 Å². The van der Waals surface area contributed by atoms with E-state index >= 15 is 0 Å². The number of nitrogens with zero attached hydrogens (tertiary/aromatic N) is 4. The predicted molar refractivity (Wildman–Crippen MR) is 77.9 cm³/mol. The van der Waals surface area contributed by atoms with Crippen molar-refractivity contribution in [1.29, 1.82) is 0 Å². The van der Waals surface area contributed by atoms with Crippen LogP contribution in [0.2, 0.25) is 0 Å². The molecule has 0 bridgehead atoms. The second-order valence-corrected chi connectivity index (χ2v) is 4.92. The molecule has 5 nitrogen and oxygen atoms in total. The molecule has 2 aromatic rings. The number of aliphatic hydroxyl groups excluding tert-OH is 1. The van der Waals surface area contributed by atoms with Gasteiger partial charge in [0.2, 0.25) is 0 Å². The van der Waals surface area contributed by atoms with Crippen LogP contribution < -0.4 is 0 Å². The Bertz CT molecular complexity index is 510. The van der Waals surface area contributed by atoms with E-state index in [0.29, 0.717) is 5.69 Å². The van der Waals surface area contributed by atoms with Crippen LogP contribution in [0.25, 0.3) is 11.3 Å². The van der Waals surface area contributed by atoms with E-state index in [4.69, 9.17) is 0 Å². The molecule has 0 atom stereocenters. The first kappa shape index (κ1) is 14.7. The highest BCUT2D eigenvalue weighted by Crippen LogP contribution is 2.22. The molecule has 2 rings (SSSR count). The number of rotatable bonds is 8. The third-order valence-electron chi connectivity index (χ3n) is 3.38. The molecule has 0 aromatic carbocycles. The van der Waals surface area contributed by atoms with Crippen LogP contribution in [0.5, 0.6) is 0 Å². The summed E-state index contributed by atoms with van der Waals surface area (Å²) in [5.74, 6) is 0. The lowest BCUT2D eigenvalue weighted by molar-refractivity contribution is 0.277. The standard InChI is InChI=1S/C15H22N4O/c1-2-3-4-5-6-11-19-15(14(12-20)17-18-19)13-7-9-16-10-8-13/h7-10,20H,2-6,11-12H2,1H3. The van der Waals surface area contributed by atoms with Gasteiger partial charge in [0.15, 0.2) is 0 Å². The van der Waals surface area contributed by atoms with E-state index in [2.05, 4.69) is 22.2 Å². The van der Waals surface area contributed by atoms with Gasteiger partial charge < -0.3 is 5.11 Å². The molecule has 0 aliphatic rings. The summed E-state index contributed by atoms with van der Waals surface area (Å²) >= 11 is 0. The number of pyridine rings is 1. The second kappa shape index (κ2) is 7.75. The van der Waals surface area contributed by atoms with Crippen LogP contribution in [0.1, 0.15) is 44.7 Å². The van der Waals surface area contributed by atoms with E-state index in [-0.39, 0.29) is 6.61 Å². The van der Waals surface area contributed by atoms with Crippen molar-refractivity contribution in [2.45, 2.75) is 52.2 Å². The molecule has 0 saturated carbocycles. The number of aryl methyl sites for hydroxylation is 1. The molecule has 2 aromatic heterocycles. The maximum absolute atomic E-state index is 9.40. The van der Waals surface area contributed by atoms with Gasteiger partial charge in [-0.25, -0.2) is 4.68 Å². The fraction of sp³-hybridized carbons (Fsp3) is 0.533. The van der Waals surface area contributed by atoms with Gasteiger partial charge in [-0.2, -0.15) is 0 Å². The van der Waals surface area contributed by atoms with Gasteiger partial charge in [-0.05, 0) is 18.6 Å². The Labute approximate surface area is 119 Å². The van der Waals surface area contributed by atoms with Gasteiger partial charge in [-0.1, -0.05) is 37.8 Å². The summed E-state index contributed by atoms with van der Waals surface area (Å²) in [4.78, 5) is 4.02. The lowest BCUT2D eigenvalue weighted by Gasteiger charge is -2.07. The van der Waals surface area contributed by atoms with Gasteiger partial charge >= 0.3 is 0 Å². The SMILES string of the molecule is CCCCCCCn1nnc(CO)c1-c1ccncc1. The van der Waals surface area contributed by atoms with E-state index in [1.165, 1.54) is 25.7 Å². The van der Waals surface area contributed by atoms with Gasteiger partial charge in [-0.3, -0.25) is 4.98 Å². The average Bonchev–Trinajstić information content (AvgIpc) is 2.91. The highest BCUT2D eigenvalue weighted by Gasteiger charge is 2.13. The minimum Gasteiger partial charge on any atom is -0.390 e. The molecule has 0 spiro atoms. The van der Waals surface area contributed by atoms with Crippen molar-refractivity contribution < 1.29 is 5.11 Å². The summed E-state index contributed by atoms with van der Waals surface area (Å²) in [5.41, 5.74) is 2.54. The van der Waals surface area contributed by atoms with Crippen LogP contribution in [-0.2, 0) is 13.2 Å². The van der Waals surface area contributed by atoms with Gasteiger partial charge in [0.05, 0.1) is 12.3 Å². The molecule has 0 aliphatic carbocycles. The Morgan fingerprint density at radius 1 is 1.10 bits per heavy atom. The highest BCUT2D eigenvalue weighted by atomic mass is 16.3. The molecule has 20 heavy (non-hydrogen) atoms. The summed E-state index contributed by atoms with van der Waals surface area (Å²) in [6.07, 6.45) is 9.59. The van der Waals surface area contributed by atoms with Crippen molar-refractivity contribution in [2.24, 2.45) is 0 Å². The third kappa shape index (κ3) is 3.63. The maximum atomic E-state index is 9.40. The summed E-state index contributed by atoms with van der Waals surface area (Å²) < 4.78 is 1.90. The van der Waals surface area contributed by atoms with Crippen molar-refractivity contribution in [3.63, 3.8) is 0 Å². The lowest BCUT2D eigenvalue weighted by Crippen LogP contribution is -2.03. The zero-order valence-corrected chi connectivity index (χ0v) is 12.0. The highest BCUT2D eigenvalue weighted by molar-refractivity contribution is 5.60. The van der Waals surface area contributed by atoms with Crippen LogP contribution in [0.15, 0.2) is 24.5 Å². The second-order valence-electron chi connectivity index (χ2n) is 4.92. The summed E-state index contributed by atoms with van der Waals surface area (Å²) in [6.45, 7) is 2.97. The summed E-state index contributed by atoms with van der Waals surface area (Å²) in [7, 11) is 0. The minimum absolute atomic E-state index is 0.0898. The number of hydrogen-bond acceptors (Lipinski definition) is 4. The quantitative estimate of drug-likeness (QED) is 0.752. The lowest BCUT2D eigenvalue weighted by atomic mass is 10.1. The topological polar surface area (TPSA) is 63.8 Å². The van der Waals surface area contributed by atoms with Gasteiger partial charge in [0.1, 0.15) is 5.69 Å². The third-order valence-corrected chi connectivity index (χ3v) is 3.38. The summed E-state index contributed by atoms with van der Waals surface area (Å²) in [5, 5.41) is 17.6. The van der Waals surface area contributed by atoms with Gasteiger partial charge in [0, 0.05) is 24.5 Å². The van der Waals surface area contributed by atoms with Crippen LogP contribution in [0.4, 0.5) is 0 Å². The Hall–Kier alpha value is -1.75. The van der Waals surface area contributed by atoms with Crippen LogP contribution in [0.3, 0.4) is 0 Å². The first-order chi connectivity index (χ1) is 9.86. The molecule has 5 heteroatoms. The van der Waals surface area contributed by atoms with E-state index in [0.717, 1.165) is 24.2 Å². The van der Waals surface area contributed by atoms with Crippen molar-refractivity contribution in [1.82, 2.24) is 20.0 Å². The maximum Gasteiger partial charge on any atom is 0.116 e. The molecular weight excluding hydrogens is 252 g/mol.